The number of aromatic nitrogens is 4. The third-order valence-corrected chi connectivity index (χ3v) is 2.24. The standard InChI is InChI=1S/C11H12N6/c12-9-11-8-10(2-4-14-11)13-3-1-6-17-7-5-15-16-17/h2,4-5,7-8H,1,3,6H2,(H,13,14). The van der Waals surface area contributed by atoms with Crippen molar-refractivity contribution in [2.75, 3.05) is 11.9 Å². The van der Waals surface area contributed by atoms with E-state index >= 15 is 0 Å². The molecule has 0 radical (unpaired) electrons. The van der Waals surface area contributed by atoms with Crippen LogP contribution in [0.15, 0.2) is 30.7 Å². The van der Waals surface area contributed by atoms with Gasteiger partial charge in [-0.2, -0.15) is 5.26 Å². The second-order valence-corrected chi connectivity index (χ2v) is 3.49. The van der Waals surface area contributed by atoms with E-state index in [1.807, 2.05) is 18.3 Å². The lowest BCUT2D eigenvalue weighted by Gasteiger charge is -2.05. The molecule has 0 amide bonds. The van der Waals surface area contributed by atoms with E-state index in [0.717, 1.165) is 25.2 Å². The molecule has 0 fully saturated rings. The number of nitrogens with zero attached hydrogens (tertiary/aromatic N) is 5. The van der Waals surface area contributed by atoms with Crippen LogP contribution in [0, 0.1) is 11.3 Å². The smallest absolute Gasteiger partial charge is 0.142 e. The van der Waals surface area contributed by atoms with E-state index in [1.165, 1.54) is 0 Å². The van der Waals surface area contributed by atoms with Crippen LogP contribution < -0.4 is 5.32 Å². The lowest BCUT2D eigenvalue weighted by atomic mass is 10.3. The molecule has 0 aromatic carbocycles. The van der Waals surface area contributed by atoms with Crippen molar-refractivity contribution in [2.24, 2.45) is 0 Å². The maximum atomic E-state index is 8.70. The van der Waals surface area contributed by atoms with E-state index in [2.05, 4.69) is 20.6 Å². The van der Waals surface area contributed by atoms with E-state index < -0.39 is 0 Å². The van der Waals surface area contributed by atoms with Gasteiger partial charge in [0.25, 0.3) is 0 Å². The minimum Gasteiger partial charge on any atom is -0.385 e. The van der Waals surface area contributed by atoms with Gasteiger partial charge >= 0.3 is 0 Å². The van der Waals surface area contributed by atoms with Crippen molar-refractivity contribution in [2.45, 2.75) is 13.0 Å². The predicted octanol–water partition coefficient (Wildman–Crippen LogP) is 1.05. The molecule has 0 atom stereocenters. The van der Waals surface area contributed by atoms with Gasteiger partial charge < -0.3 is 5.32 Å². The summed E-state index contributed by atoms with van der Waals surface area (Å²) in [7, 11) is 0. The Bertz CT molecular complexity index is 499. The highest BCUT2D eigenvalue weighted by atomic mass is 15.4. The Hall–Kier alpha value is -2.42. The first-order valence-electron chi connectivity index (χ1n) is 5.32. The van der Waals surface area contributed by atoms with Crippen molar-refractivity contribution >= 4 is 5.69 Å². The molecule has 0 saturated carbocycles. The number of nitriles is 1. The van der Waals surface area contributed by atoms with Crippen LogP contribution in [0.2, 0.25) is 0 Å². The van der Waals surface area contributed by atoms with Crippen molar-refractivity contribution in [3.8, 4) is 6.07 Å². The molecule has 6 nitrogen and oxygen atoms in total. The third-order valence-electron chi connectivity index (χ3n) is 2.24. The fourth-order valence-electron chi connectivity index (χ4n) is 1.43. The van der Waals surface area contributed by atoms with Crippen LogP contribution in [-0.4, -0.2) is 26.5 Å². The molecule has 0 saturated heterocycles. The molecule has 2 rings (SSSR count). The average Bonchev–Trinajstić information content (AvgIpc) is 2.88. The Morgan fingerprint density at radius 1 is 1.41 bits per heavy atom. The van der Waals surface area contributed by atoms with E-state index in [0.29, 0.717) is 5.69 Å². The van der Waals surface area contributed by atoms with Gasteiger partial charge in [0, 0.05) is 31.2 Å². The summed E-state index contributed by atoms with van der Waals surface area (Å²) in [6, 6.07) is 5.58. The van der Waals surface area contributed by atoms with Crippen LogP contribution >= 0.6 is 0 Å². The van der Waals surface area contributed by atoms with Gasteiger partial charge in [0.15, 0.2) is 0 Å². The molecule has 1 N–H and O–H groups in total. The maximum absolute atomic E-state index is 8.70. The molecule has 0 bridgehead atoms. The molecule has 6 heteroatoms. The monoisotopic (exact) mass is 228 g/mol. The summed E-state index contributed by atoms with van der Waals surface area (Å²) >= 11 is 0. The molecule has 17 heavy (non-hydrogen) atoms. The molecule has 0 aliphatic carbocycles. The topological polar surface area (TPSA) is 79.4 Å². The predicted molar refractivity (Wildman–Crippen MR) is 62.1 cm³/mol. The van der Waals surface area contributed by atoms with Crippen LogP contribution in [0.5, 0.6) is 0 Å². The van der Waals surface area contributed by atoms with Crippen molar-refractivity contribution in [1.82, 2.24) is 20.0 Å². The Morgan fingerprint density at radius 3 is 3.12 bits per heavy atom. The molecular formula is C11H12N6. The summed E-state index contributed by atoms with van der Waals surface area (Å²) < 4.78 is 1.79. The highest BCUT2D eigenvalue weighted by molar-refractivity contribution is 5.45. The minimum absolute atomic E-state index is 0.422. The van der Waals surface area contributed by atoms with Gasteiger partial charge in [-0.25, -0.2) is 4.98 Å². The highest BCUT2D eigenvalue weighted by Gasteiger charge is 1.96. The zero-order chi connectivity index (χ0) is 11.9. The van der Waals surface area contributed by atoms with Gasteiger partial charge in [0.1, 0.15) is 11.8 Å². The zero-order valence-corrected chi connectivity index (χ0v) is 9.24. The number of pyridine rings is 1. The number of nitrogens with one attached hydrogen (secondary N) is 1. The summed E-state index contributed by atoms with van der Waals surface area (Å²) in [5.41, 5.74) is 1.33. The Morgan fingerprint density at radius 2 is 2.35 bits per heavy atom. The molecule has 0 aliphatic rings. The first-order valence-corrected chi connectivity index (χ1v) is 5.32. The molecule has 2 aromatic heterocycles. The molecule has 2 aromatic rings. The molecule has 86 valence electrons. The molecule has 0 aliphatic heterocycles. The van der Waals surface area contributed by atoms with Gasteiger partial charge in [-0.3, -0.25) is 4.68 Å². The fourth-order valence-corrected chi connectivity index (χ4v) is 1.43. The second-order valence-electron chi connectivity index (χ2n) is 3.49. The Labute approximate surface area is 98.9 Å². The van der Waals surface area contributed by atoms with Crippen LogP contribution in [0.25, 0.3) is 0 Å². The first kappa shape index (κ1) is 11.1. The van der Waals surface area contributed by atoms with Crippen molar-refractivity contribution in [3.63, 3.8) is 0 Å². The fraction of sp³-hybridized carbons (Fsp3) is 0.273. The number of hydrogen-bond donors (Lipinski definition) is 1. The van der Waals surface area contributed by atoms with E-state index in [4.69, 9.17) is 5.26 Å². The van der Waals surface area contributed by atoms with Crippen LogP contribution in [0.3, 0.4) is 0 Å². The van der Waals surface area contributed by atoms with Gasteiger partial charge in [-0.15, -0.1) is 5.10 Å². The number of aryl methyl sites for hydroxylation is 1. The van der Waals surface area contributed by atoms with Crippen LogP contribution in [0.1, 0.15) is 12.1 Å². The summed E-state index contributed by atoms with van der Waals surface area (Å²) in [6.07, 6.45) is 6.06. The van der Waals surface area contributed by atoms with Crippen LogP contribution in [0.4, 0.5) is 5.69 Å². The molecule has 0 spiro atoms. The lowest BCUT2D eigenvalue weighted by Crippen LogP contribution is -2.07. The molecule has 2 heterocycles. The largest absolute Gasteiger partial charge is 0.385 e. The summed E-state index contributed by atoms with van der Waals surface area (Å²) in [4.78, 5) is 3.90. The lowest BCUT2D eigenvalue weighted by molar-refractivity contribution is 0.570. The zero-order valence-electron chi connectivity index (χ0n) is 9.24. The first-order chi connectivity index (χ1) is 8.38. The quantitative estimate of drug-likeness (QED) is 0.774. The average molecular weight is 228 g/mol. The Kier molecular flexibility index (Phi) is 3.65. The molecule has 0 unspecified atom stereocenters. The van der Waals surface area contributed by atoms with Crippen molar-refractivity contribution in [1.29, 1.82) is 5.26 Å². The number of anilines is 1. The van der Waals surface area contributed by atoms with Gasteiger partial charge in [0.2, 0.25) is 0 Å². The molecular weight excluding hydrogens is 216 g/mol. The highest BCUT2D eigenvalue weighted by Crippen LogP contribution is 2.06. The SMILES string of the molecule is N#Cc1cc(NCCCn2ccnn2)ccn1. The van der Waals surface area contributed by atoms with E-state index in [1.54, 1.807) is 23.1 Å². The number of rotatable bonds is 5. The second kappa shape index (κ2) is 5.61. The summed E-state index contributed by atoms with van der Waals surface area (Å²) in [5.74, 6) is 0. The normalized spacial score (nSPS) is 9.82. The summed E-state index contributed by atoms with van der Waals surface area (Å²) in [6.45, 7) is 1.64. The summed E-state index contributed by atoms with van der Waals surface area (Å²) in [5, 5.41) is 19.5. The van der Waals surface area contributed by atoms with Crippen molar-refractivity contribution < 1.29 is 0 Å². The minimum atomic E-state index is 0.422. The van der Waals surface area contributed by atoms with E-state index in [-0.39, 0.29) is 0 Å². The number of hydrogen-bond acceptors (Lipinski definition) is 5. The van der Waals surface area contributed by atoms with Gasteiger partial charge in [-0.05, 0) is 18.6 Å². The van der Waals surface area contributed by atoms with Crippen LogP contribution in [-0.2, 0) is 6.54 Å². The maximum Gasteiger partial charge on any atom is 0.142 e. The van der Waals surface area contributed by atoms with Crippen molar-refractivity contribution in [3.05, 3.63) is 36.4 Å². The third kappa shape index (κ3) is 3.28. The van der Waals surface area contributed by atoms with E-state index in [9.17, 15) is 0 Å². The van der Waals surface area contributed by atoms with Gasteiger partial charge in [0.05, 0.1) is 6.20 Å². The van der Waals surface area contributed by atoms with Gasteiger partial charge in [-0.1, -0.05) is 5.21 Å². The Balaban J connectivity index is 1.76.